The van der Waals surface area contributed by atoms with E-state index in [2.05, 4.69) is 0 Å². The number of hydrogen-bond donors (Lipinski definition) is 0. The molecule has 0 unspecified atom stereocenters. The van der Waals surface area contributed by atoms with E-state index in [-0.39, 0.29) is 0 Å². The Balaban J connectivity index is 4.29. The van der Waals surface area contributed by atoms with Crippen LogP contribution in [-0.4, -0.2) is 23.7 Å². The van der Waals surface area contributed by atoms with E-state index in [9.17, 15) is 70.4 Å². The summed E-state index contributed by atoms with van der Waals surface area (Å²) in [6, 6.07) is 0. The minimum absolute atomic E-state index is 3.30. The molecule has 0 saturated carbocycles. The zero-order chi connectivity index (χ0) is 22.0. The Morgan fingerprint density at radius 1 is 0.481 bits per heavy atom. The first-order chi connectivity index (χ1) is 11.7. The van der Waals surface area contributed by atoms with Crippen molar-refractivity contribution in [3.8, 4) is 0 Å². The van der Waals surface area contributed by atoms with Gasteiger partial charge in [-0.25, -0.2) is 22.0 Å². The average Bonchev–Trinajstić information content (AvgIpc) is 2.48. The van der Waals surface area contributed by atoms with Gasteiger partial charge < -0.3 is 4.57 Å². The second-order valence-corrected chi connectivity index (χ2v) is 7.39. The number of halogens is 15. The highest BCUT2D eigenvalue weighted by atomic mass is 31.2. The highest BCUT2D eigenvalue weighted by Gasteiger charge is 2.85. The van der Waals surface area contributed by atoms with Crippen molar-refractivity contribution in [2.24, 2.45) is 0 Å². The van der Waals surface area contributed by atoms with E-state index in [0.29, 0.717) is 0 Å². The Hall–Kier alpha value is -1.60. The molecule has 0 saturated heterocycles. The van der Waals surface area contributed by atoms with Crippen LogP contribution in [0.15, 0.2) is 0 Å². The normalized spacial score (nSPS) is 14.6. The topological polar surface area (TPSA) is 17.1 Å². The fourth-order valence-electron chi connectivity index (χ4n) is 1.68. The maximum absolute atomic E-state index is 13.4. The number of alkyl halides is 10. The lowest BCUT2D eigenvalue weighted by molar-refractivity contribution is -0.265. The third kappa shape index (κ3) is 2.95. The lowest BCUT2D eigenvalue weighted by Crippen LogP contribution is -2.51. The lowest BCUT2D eigenvalue weighted by Gasteiger charge is -2.35. The van der Waals surface area contributed by atoms with Crippen molar-refractivity contribution >= 4 is 12.4 Å². The molecule has 0 bridgehead atoms. The highest BCUT2D eigenvalue weighted by molar-refractivity contribution is 7.74. The summed E-state index contributed by atoms with van der Waals surface area (Å²) >= 11 is 0. The van der Waals surface area contributed by atoms with Gasteiger partial charge in [-0.2, -0.15) is 43.9 Å². The Bertz CT molecular complexity index is 745. The minimum Gasteiger partial charge on any atom is -0.305 e. The predicted molar refractivity (Wildman–Crippen MR) is 55.5 cm³/mol. The Kier molecular flexibility index (Phi) is 5.39. The number of hydrogen-bond acceptors (Lipinski definition) is 1. The van der Waals surface area contributed by atoms with Gasteiger partial charge in [0.25, 0.3) is 7.14 Å². The van der Waals surface area contributed by atoms with Gasteiger partial charge in [0.1, 0.15) is 5.30 Å². The van der Waals surface area contributed by atoms with Crippen LogP contribution in [0.5, 0.6) is 0 Å². The standard InChI is InChI=1S/C10F15OP/c11-1-2(12)4(14)6(5(15)3(1)13)27(26,9(22,23)7(16,17)18)10(24,25)8(19,20)21. The lowest BCUT2D eigenvalue weighted by atomic mass is 10.3. The molecule has 17 heteroatoms. The van der Waals surface area contributed by atoms with E-state index in [0.717, 1.165) is 0 Å². The average molecular weight is 452 g/mol. The van der Waals surface area contributed by atoms with E-state index in [1.54, 1.807) is 0 Å². The van der Waals surface area contributed by atoms with Gasteiger partial charge in [0.05, 0.1) is 0 Å². The van der Waals surface area contributed by atoms with Crippen molar-refractivity contribution in [3.63, 3.8) is 0 Å². The van der Waals surface area contributed by atoms with Crippen LogP contribution in [0.25, 0.3) is 0 Å². The fraction of sp³-hybridized carbons (Fsp3) is 0.400. The van der Waals surface area contributed by atoms with Gasteiger partial charge in [0, 0.05) is 0 Å². The van der Waals surface area contributed by atoms with Crippen molar-refractivity contribution in [1.82, 2.24) is 0 Å². The predicted octanol–water partition coefficient (Wildman–Crippen LogP) is 5.68. The number of benzene rings is 1. The molecule has 0 atom stereocenters. The molecule has 156 valence electrons. The molecule has 1 nitrogen and oxygen atoms in total. The maximum atomic E-state index is 13.4. The summed E-state index contributed by atoms with van der Waals surface area (Å²) in [6.45, 7) is 0. The largest absolute Gasteiger partial charge is 0.461 e. The summed E-state index contributed by atoms with van der Waals surface area (Å²) in [5.74, 6) is -18.2. The molecule has 0 aliphatic heterocycles. The molecular formula is C10F15OP. The van der Waals surface area contributed by atoms with Crippen LogP contribution in [0.3, 0.4) is 0 Å². The first-order valence-corrected chi connectivity index (χ1v) is 7.39. The van der Waals surface area contributed by atoms with E-state index in [1.807, 2.05) is 0 Å². The molecule has 1 aromatic carbocycles. The molecule has 0 fully saturated rings. The highest BCUT2D eigenvalue weighted by Crippen LogP contribution is 2.76. The third-order valence-electron chi connectivity index (χ3n) is 2.97. The van der Waals surface area contributed by atoms with Crippen molar-refractivity contribution in [2.75, 3.05) is 0 Å². The molecule has 0 N–H and O–H groups in total. The first-order valence-electron chi connectivity index (χ1n) is 5.69. The van der Waals surface area contributed by atoms with Crippen LogP contribution < -0.4 is 5.30 Å². The monoisotopic (exact) mass is 452 g/mol. The van der Waals surface area contributed by atoms with E-state index < -0.39 is 65.2 Å². The molecule has 0 spiro atoms. The summed E-state index contributed by atoms with van der Waals surface area (Å²) in [7, 11) is -9.18. The van der Waals surface area contributed by atoms with Gasteiger partial charge in [-0.1, -0.05) is 0 Å². The summed E-state index contributed by atoms with van der Waals surface area (Å²) < 4.78 is 205. The molecule has 0 aliphatic rings. The van der Waals surface area contributed by atoms with Gasteiger partial charge in [-0.15, -0.1) is 0 Å². The van der Waals surface area contributed by atoms with Gasteiger partial charge in [-0.3, -0.25) is 0 Å². The maximum Gasteiger partial charge on any atom is 0.461 e. The van der Waals surface area contributed by atoms with Crippen LogP contribution >= 0.6 is 7.14 Å². The minimum atomic E-state index is -9.18. The van der Waals surface area contributed by atoms with E-state index in [1.165, 1.54) is 0 Å². The zero-order valence-corrected chi connectivity index (χ0v) is 12.4. The SMILES string of the molecule is O=P(c1c(F)c(F)c(F)c(F)c1F)(C(F)(F)C(F)(F)F)C(F)(F)C(F)(F)F. The van der Waals surface area contributed by atoms with Crippen LogP contribution in [0.2, 0.25) is 0 Å². The van der Waals surface area contributed by atoms with Gasteiger partial charge in [0.2, 0.25) is 5.82 Å². The smallest absolute Gasteiger partial charge is 0.305 e. The Labute approximate surface area is 137 Å². The Morgan fingerprint density at radius 2 is 0.704 bits per heavy atom. The first kappa shape index (κ1) is 23.4. The molecule has 0 radical (unpaired) electrons. The molecule has 0 amide bonds. The van der Waals surface area contributed by atoms with Gasteiger partial charge in [-0.05, 0) is 0 Å². The van der Waals surface area contributed by atoms with Crippen molar-refractivity contribution in [2.45, 2.75) is 23.7 Å². The molecule has 0 aromatic heterocycles. The third-order valence-corrected chi connectivity index (χ3v) is 6.09. The second-order valence-electron chi connectivity index (χ2n) is 4.61. The van der Waals surface area contributed by atoms with E-state index in [4.69, 9.17) is 0 Å². The van der Waals surface area contributed by atoms with Crippen LogP contribution in [0.4, 0.5) is 65.9 Å². The van der Waals surface area contributed by atoms with Gasteiger partial charge >= 0.3 is 23.7 Å². The summed E-state index contributed by atoms with van der Waals surface area (Å²) in [5, 5.41) is -4.12. The summed E-state index contributed by atoms with van der Waals surface area (Å²) in [6.07, 6.45) is -15.1. The second kappa shape index (κ2) is 6.21. The number of rotatable bonds is 3. The molecule has 1 aromatic rings. The molecular weight excluding hydrogens is 452 g/mol. The van der Waals surface area contributed by atoms with Crippen molar-refractivity contribution in [1.29, 1.82) is 0 Å². The van der Waals surface area contributed by atoms with E-state index >= 15 is 0 Å². The van der Waals surface area contributed by atoms with Gasteiger partial charge in [0.15, 0.2) is 23.3 Å². The van der Waals surface area contributed by atoms with Crippen LogP contribution in [0.1, 0.15) is 0 Å². The molecule has 27 heavy (non-hydrogen) atoms. The molecule has 0 aliphatic carbocycles. The fourth-order valence-corrected chi connectivity index (χ4v) is 4.06. The summed E-state index contributed by atoms with van der Waals surface area (Å²) in [5.41, 5.74) is -15.5. The van der Waals surface area contributed by atoms with Crippen LogP contribution in [0, 0.1) is 29.1 Å². The quantitative estimate of drug-likeness (QED) is 0.250. The van der Waals surface area contributed by atoms with Crippen LogP contribution in [-0.2, 0) is 4.57 Å². The molecule has 0 heterocycles. The zero-order valence-electron chi connectivity index (χ0n) is 11.5. The molecule has 1 rings (SSSR count). The van der Waals surface area contributed by atoms with Crippen molar-refractivity contribution in [3.05, 3.63) is 29.1 Å². The Morgan fingerprint density at radius 3 is 0.926 bits per heavy atom. The summed E-state index contributed by atoms with van der Waals surface area (Å²) in [4.78, 5) is 0. The van der Waals surface area contributed by atoms with Crippen molar-refractivity contribution < 1.29 is 70.4 Å².